The summed E-state index contributed by atoms with van der Waals surface area (Å²) in [6, 6.07) is 5.92. The quantitative estimate of drug-likeness (QED) is 0.594. The first kappa shape index (κ1) is 21.0. The van der Waals surface area contributed by atoms with Gasteiger partial charge in [-0.15, -0.1) is 11.3 Å². The zero-order valence-electron chi connectivity index (χ0n) is 16.8. The predicted octanol–water partition coefficient (Wildman–Crippen LogP) is 5.26. The largest absolute Gasteiger partial charge is 0.340 e. The summed E-state index contributed by atoms with van der Waals surface area (Å²) in [5.74, 6) is 0.778. The molecule has 3 heterocycles. The lowest BCUT2D eigenvalue weighted by molar-refractivity contribution is -0.132. The minimum atomic E-state index is 0.0601. The van der Waals surface area contributed by atoms with Crippen molar-refractivity contribution in [1.29, 1.82) is 0 Å². The molecule has 0 bridgehead atoms. The molecule has 2 aromatic rings. The van der Waals surface area contributed by atoms with Crippen LogP contribution in [0.15, 0.2) is 24.4 Å². The number of amides is 1. The van der Waals surface area contributed by atoms with Crippen molar-refractivity contribution in [3.8, 4) is 0 Å². The van der Waals surface area contributed by atoms with Crippen LogP contribution in [0.5, 0.6) is 0 Å². The number of hydrogen-bond donors (Lipinski definition) is 0. The number of halogens is 3. The number of benzene rings is 1. The van der Waals surface area contributed by atoms with Crippen LogP contribution in [0.3, 0.4) is 0 Å². The van der Waals surface area contributed by atoms with E-state index < -0.39 is 0 Å². The Labute approximate surface area is 196 Å². The van der Waals surface area contributed by atoms with Crippen molar-refractivity contribution < 1.29 is 4.79 Å². The van der Waals surface area contributed by atoms with Crippen LogP contribution in [0, 0.1) is 5.92 Å². The topological polar surface area (TPSA) is 36.4 Å². The minimum absolute atomic E-state index is 0.0601. The minimum Gasteiger partial charge on any atom is -0.340 e. The molecule has 0 spiro atoms. The van der Waals surface area contributed by atoms with Crippen LogP contribution in [0.25, 0.3) is 0 Å². The second-order valence-corrected chi connectivity index (χ2v) is 11.7. The lowest BCUT2D eigenvalue weighted by Crippen LogP contribution is -2.46. The Morgan fingerprint density at radius 2 is 2.00 bits per heavy atom. The lowest BCUT2D eigenvalue weighted by atomic mass is 9.81. The van der Waals surface area contributed by atoms with Crippen LogP contribution in [-0.4, -0.2) is 53.4 Å². The van der Waals surface area contributed by atoms with Crippen LogP contribution in [0.2, 0.25) is 14.4 Å². The third-order valence-electron chi connectivity index (χ3n) is 7.31. The van der Waals surface area contributed by atoms with E-state index in [0.717, 1.165) is 54.8 Å². The maximum atomic E-state index is 13.0. The highest BCUT2D eigenvalue weighted by Crippen LogP contribution is 2.59. The van der Waals surface area contributed by atoms with Gasteiger partial charge in [-0.3, -0.25) is 9.69 Å². The summed E-state index contributed by atoms with van der Waals surface area (Å²) in [7, 11) is 0. The summed E-state index contributed by atoms with van der Waals surface area (Å²) < 4.78 is 0.743. The maximum Gasteiger partial charge on any atom is 0.236 e. The average molecular weight is 485 g/mol. The van der Waals surface area contributed by atoms with E-state index in [9.17, 15) is 4.79 Å². The molecule has 0 radical (unpaired) electrons. The highest BCUT2D eigenvalue weighted by atomic mass is 35.5. The van der Waals surface area contributed by atoms with E-state index >= 15 is 0 Å². The van der Waals surface area contributed by atoms with Gasteiger partial charge in [0.25, 0.3) is 0 Å². The molecule has 1 aromatic carbocycles. The van der Waals surface area contributed by atoms with E-state index in [2.05, 4.69) is 22.9 Å². The van der Waals surface area contributed by atoms with E-state index in [1.807, 2.05) is 17.0 Å². The number of aromatic nitrogens is 1. The van der Waals surface area contributed by atoms with Gasteiger partial charge < -0.3 is 4.90 Å². The molecule has 0 N–H and O–H groups in total. The second kappa shape index (κ2) is 7.63. The van der Waals surface area contributed by atoms with Crippen LogP contribution >= 0.6 is 46.1 Å². The molecule has 1 aliphatic carbocycles. The predicted molar refractivity (Wildman–Crippen MR) is 123 cm³/mol. The number of thiazole rings is 1. The number of piperidine rings is 2. The second-order valence-electron chi connectivity index (χ2n) is 9.27. The number of carbonyl (C=O) groups excluding carboxylic acids is 1. The Morgan fingerprint density at radius 3 is 2.67 bits per heavy atom. The van der Waals surface area contributed by atoms with E-state index in [0.29, 0.717) is 22.5 Å². The molecule has 2 aliphatic heterocycles. The highest BCUT2D eigenvalue weighted by molar-refractivity contribution is 7.15. The van der Waals surface area contributed by atoms with Gasteiger partial charge in [-0.2, -0.15) is 0 Å². The molecule has 5 rings (SSSR count). The summed E-state index contributed by atoms with van der Waals surface area (Å²) in [5.41, 5.74) is 1.35. The van der Waals surface area contributed by atoms with Crippen molar-refractivity contribution in [2.75, 3.05) is 32.7 Å². The van der Waals surface area contributed by atoms with Gasteiger partial charge in [-0.1, -0.05) is 47.8 Å². The van der Waals surface area contributed by atoms with Gasteiger partial charge in [0.05, 0.1) is 27.8 Å². The first-order valence-corrected chi connectivity index (χ1v) is 12.3. The summed E-state index contributed by atoms with van der Waals surface area (Å²) in [6.45, 7) is 6.22. The number of rotatable bonds is 4. The van der Waals surface area contributed by atoms with E-state index in [4.69, 9.17) is 34.8 Å². The summed E-state index contributed by atoms with van der Waals surface area (Å²) in [4.78, 5) is 21.8. The molecule has 160 valence electrons. The number of nitrogens with zero attached hydrogens (tertiary/aromatic N) is 3. The molecule has 0 unspecified atom stereocenters. The molecule has 2 saturated heterocycles. The SMILES string of the molecule is CC1(c2ncc(Cl)s2)CCN(CC(=O)N2C[C@H]3C[C@@]3(c3ccc(Cl)c(Cl)c3)C2)CC1. The fourth-order valence-electron chi connectivity index (χ4n) is 5.17. The van der Waals surface area contributed by atoms with Gasteiger partial charge in [0.15, 0.2) is 0 Å². The maximum absolute atomic E-state index is 13.0. The number of carbonyl (C=O) groups is 1. The third kappa shape index (κ3) is 3.67. The Morgan fingerprint density at radius 1 is 1.23 bits per heavy atom. The Hall–Kier alpha value is -0.850. The number of likely N-dealkylation sites (tertiary alicyclic amines) is 2. The first-order valence-electron chi connectivity index (χ1n) is 10.4. The van der Waals surface area contributed by atoms with Crippen LogP contribution in [0.1, 0.15) is 36.8 Å². The van der Waals surface area contributed by atoms with Crippen molar-refractivity contribution in [3.05, 3.63) is 49.3 Å². The molecule has 4 nitrogen and oxygen atoms in total. The van der Waals surface area contributed by atoms with Crippen molar-refractivity contribution in [2.45, 2.75) is 37.0 Å². The molecule has 3 fully saturated rings. The Kier molecular flexibility index (Phi) is 5.35. The first-order chi connectivity index (χ1) is 14.3. The molecule has 2 atom stereocenters. The van der Waals surface area contributed by atoms with Gasteiger partial charge in [-0.05, 0) is 56.0 Å². The Balaban J connectivity index is 1.18. The van der Waals surface area contributed by atoms with Crippen molar-refractivity contribution in [2.24, 2.45) is 5.92 Å². The third-order valence-corrected chi connectivity index (χ3v) is 9.47. The molecular weight excluding hydrogens is 461 g/mol. The molecule has 1 amide bonds. The average Bonchev–Trinajstić information content (AvgIpc) is 3.05. The van der Waals surface area contributed by atoms with Gasteiger partial charge in [0, 0.05) is 23.9 Å². The highest BCUT2D eigenvalue weighted by Gasteiger charge is 2.61. The summed E-state index contributed by atoms with van der Waals surface area (Å²) in [5, 5.41) is 2.29. The zero-order chi connectivity index (χ0) is 21.1. The number of hydrogen-bond acceptors (Lipinski definition) is 4. The summed E-state index contributed by atoms with van der Waals surface area (Å²) >= 11 is 20.0. The van der Waals surface area contributed by atoms with Gasteiger partial charge in [0.2, 0.25) is 5.91 Å². The van der Waals surface area contributed by atoms with Crippen molar-refractivity contribution in [3.63, 3.8) is 0 Å². The molecule has 1 aromatic heterocycles. The lowest BCUT2D eigenvalue weighted by Gasteiger charge is -2.38. The fourth-order valence-corrected chi connectivity index (χ4v) is 6.58. The zero-order valence-corrected chi connectivity index (χ0v) is 19.9. The monoisotopic (exact) mass is 483 g/mol. The van der Waals surface area contributed by atoms with Crippen LogP contribution < -0.4 is 0 Å². The normalized spacial score (nSPS) is 27.9. The van der Waals surface area contributed by atoms with Crippen LogP contribution in [-0.2, 0) is 15.6 Å². The van der Waals surface area contributed by atoms with Gasteiger partial charge >= 0.3 is 0 Å². The fraction of sp³-hybridized carbons (Fsp3) is 0.545. The molecule has 8 heteroatoms. The van der Waals surface area contributed by atoms with Gasteiger partial charge in [-0.25, -0.2) is 4.98 Å². The molecule has 3 aliphatic rings. The van der Waals surface area contributed by atoms with E-state index in [1.165, 1.54) is 5.56 Å². The molecule has 30 heavy (non-hydrogen) atoms. The van der Waals surface area contributed by atoms with Crippen molar-refractivity contribution in [1.82, 2.24) is 14.8 Å². The molecule has 1 saturated carbocycles. The molecular formula is C22H24Cl3N3OS. The summed E-state index contributed by atoms with van der Waals surface area (Å²) in [6.07, 6.45) is 4.87. The number of fused-ring (bicyclic) bond motifs is 1. The van der Waals surface area contributed by atoms with E-state index in [-0.39, 0.29) is 16.7 Å². The van der Waals surface area contributed by atoms with Crippen LogP contribution in [0.4, 0.5) is 0 Å². The van der Waals surface area contributed by atoms with Gasteiger partial charge in [0.1, 0.15) is 4.34 Å². The Bertz CT molecular complexity index is 988. The van der Waals surface area contributed by atoms with E-state index in [1.54, 1.807) is 17.5 Å². The standard InChI is InChI=1S/C22H24Cl3N3OS/c1-21(20-26-10-18(25)30-20)4-6-27(7-5-21)12-19(29)28-11-15-9-22(15,13-28)14-2-3-16(23)17(24)8-14/h2-3,8,10,15H,4-7,9,11-13H2,1H3/t15-,22+/m1/s1. The smallest absolute Gasteiger partial charge is 0.236 e. The van der Waals surface area contributed by atoms with Crippen molar-refractivity contribution >= 4 is 52.0 Å².